The number of allylic oxidation sites excluding steroid dienone is 2. The summed E-state index contributed by atoms with van der Waals surface area (Å²) in [6, 6.07) is 3.09. The van der Waals surface area contributed by atoms with E-state index in [0.29, 0.717) is 17.6 Å². The number of amides is 1. The molecule has 0 bridgehead atoms. The highest BCUT2D eigenvalue weighted by Gasteiger charge is 2.69. The van der Waals surface area contributed by atoms with Gasteiger partial charge in [0, 0.05) is 34.7 Å². The van der Waals surface area contributed by atoms with E-state index in [2.05, 4.69) is 9.72 Å². The molecule has 2 aliphatic carbocycles. The standard InChI is InChI=1S/C26H21F3N2O8/c1-35-13-5-10-6-14(39-19(10)21(37-3)20(13)36-2)23(33)31-9-11-8-25(11)15(31)7-12(32)18-17(25)16(24(34)38-4)22(30-18)26(27,28)29/h5-7,11,30H,8-9H2,1-4H3/t11?,25-/m0/s1. The molecule has 1 aromatic carbocycles. The number of carbonyl (C=O) groups excluding carboxylic acids is 3. The lowest BCUT2D eigenvalue weighted by atomic mass is 9.82. The Kier molecular flexibility index (Phi) is 5.13. The largest absolute Gasteiger partial charge is 0.493 e. The summed E-state index contributed by atoms with van der Waals surface area (Å²) in [5.41, 5.74) is -3.15. The zero-order valence-corrected chi connectivity index (χ0v) is 21.1. The van der Waals surface area contributed by atoms with Crippen LogP contribution in [-0.4, -0.2) is 62.5 Å². The van der Waals surface area contributed by atoms with Crippen LogP contribution in [0.25, 0.3) is 11.0 Å². The quantitative estimate of drug-likeness (QED) is 0.476. The zero-order valence-electron chi connectivity index (χ0n) is 21.1. The summed E-state index contributed by atoms with van der Waals surface area (Å²) in [5.74, 6) is -2.18. The molecule has 1 amide bonds. The summed E-state index contributed by atoms with van der Waals surface area (Å²) in [6.07, 6.45) is -3.42. The Morgan fingerprint density at radius 1 is 1.10 bits per heavy atom. The van der Waals surface area contributed by atoms with Crippen molar-refractivity contribution in [1.82, 2.24) is 9.88 Å². The maximum atomic E-state index is 13.9. The van der Waals surface area contributed by atoms with Crippen LogP contribution >= 0.6 is 0 Å². The van der Waals surface area contributed by atoms with Crippen LogP contribution < -0.4 is 14.2 Å². The van der Waals surface area contributed by atoms with E-state index in [1.165, 1.54) is 32.3 Å². The number of aromatic nitrogens is 1. The van der Waals surface area contributed by atoms with Crippen molar-refractivity contribution in [3.8, 4) is 17.2 Å². The molecule has 1 saturated carbocycles. The molecule has 1 spiro atoms. The number of methoxy groups -OCH3 is 4. The molecular formula is C26H21F3N2O8. The van der Waals surface area contributed by atoms with Crippen molar-refractivity contribution in [2.24, 2.45) is 5.92 Å². The van der Waals surface area contributed by atoms with Crippen LogP contribution in [0.2, 0.25) is 0 Å². The van der Waals surface area contributed by atoms with Gasteiger partial charge < -0.3 is 33.2 Å². The van der Waals surface area contributed by atoms with Gasteiger partial charge in [0.1, 0.15) is 5.69 Å². The van der Waals surface area contributed by atoms with Gasteiger partial charge in [0.25, 0.3) is 5.91 Å². The van der Waals surface area contributed by atoms with Gasteiger partial charge in [-0.2, -0.15) is 13.2 Å². The minimum atomic E-state index is -4.94. The number of H-pyrrole nitrogens is 1. The third-order valence-corrected chi connectivity index (χ3v) is 7.66. The van der Waals surface area contributed by atoms with Crippen LogP contribution in [0.15, 0.2) is 28.3 Å². The molecule has 10 nitrogen and oxygen atoms in total. The van der Waals surface area contributed by atoms with Gasteiger partial charge in [-0.3, -0.25) is 9.59 Å². The van der Waals surface area contributed by atoms with E-state index >= 15 is 0 Å². The molecule has 2 atom stereocenters. The number of esters is 1. The number of nitrogens with zero attached hydrogens (tertiary/aromatic N) is 1. The number of carbonyl (C=O) groups is 3. The highest BCUT2D eigenvalue weighted by molar-refractivity contribution is 6.12. The van der Waals surface area contributed by atoms with E-state index in [4.69, 9.17) is 18.6 Å². The van der Waals surface area contributed by atoms with Gasteiger partial charge in [-0.1, -0.05) is 0 Å². The topological polar surface area (TPSA) is 120 Å². The third-order valence-electron chi connectivity index (χ3n) is 7.66. The van der Waals surface area contributed by atoms with Gasteiger partial charge in [-0.15, -0.1) is 0 Å². The number of furan rings is 1. The number of alkyl halides is 3. The van der Waals surface area contributed by atoms with E-state index in [1.54, 1.807) is 6.07 Å². The number of rotatable bonds is 5. The molecule has 0 radical (unpaired) electrons. The van der Waals surface area contributed by atoms with E-state index in [0.717, 1.165) is 13.2 Å². The van der Waals surface area contributed by atoms with Gasteiger partial charge in [-0.25, -0.2) is 4.79 Å². The predicted octanol–water partition coefficient (Wildman–Crippen LogP) is 4.09. The Labute approximate surface area is 218 Å². The first-order valence-electron chi connectivity index (χ1n) is 11.7. The van der Waals surface area contributed by atoms with Crippen molar-refractivity contribution in [3.63, 3.8) is 0 Å². The second-order valence-corrected chi connectivity index (χ2v) is 9.47. The fraction of sp³-hybridized carbons (Fsp3) is 0.346. The van der Waals surface area contributed by atoms with Crippen LogP contribution in [0.5, 0.6) is 17.2 Å². The number of ether oxygens (including phenoxy) is 4. The Morgan fingerprint density at radius 3 is 2.44 bits per heavy atom. The van der Waals surface area contributed by atoms with Crippen LogP contribution in [0.4, 0.5) is 13.2 Å². The summed E-state index contributed by atoms with van der Waals surface area (Å²) >= 11 is 0. The van der Waals surface area contributed by atoms with Gasteiger partial charge in [0.05, 0.1) is 39.7 Å². The molecule has 1 saturated heterocycles. The Hall–Kier alpha value is -4.42. The molecule has 3 aromatic rings. The number of hydrogen-bond donors (Lipinski definition) is 1. The number of benzene rings is 1. The van der Waals surface area contributed by atoms with E-state index in [1.807, 2.05) is 0 Å². The van der Waals surface area contributed by atoms with Gasteiger partial charge in [-0.05, 0) is 24.5 Å². The van der Waals surface area contributed by atoms with Crippen molar-refractivity contribution >= 4 is 28.6 Å². The lowest BCUT2D eigenvalue weighted by Gasteiger charge is -2.27. The highest BCUT2D eigenvalue weighted by atomic mass is 19.4. The van der Waals surface area contributed by atoms with E-state index in [-0.39, 0.29) is 52.3 Å². The summed E-state index contributed by atoms with van der Waals surface area (Å²) in [7, 11) is 5.24. The Morgan fingerprint density at radius 2 is 1.82 bits per heavy atom. The molecule has 3 heterocycles. The van der Waals surface area contributed by atoms with Gasteiger partial charge in [0.15, 0.2) is 17.1 Å². The molecule has 3 aliphatic rings. The van der Waals surface area contributed by atoms with Crippen molar-refractivity contribution < 1.29 is 50.9 Å². The summed E-state index contributed by atoms with van der Waals surface area (Å²) in [6.45, 7) is 0.116. The maximum absolute atomic E-state index is 13.9. The summed E-state index contributed by atoms with van der Waals surface area (Å²) in [5, 5.41) is 0.483. The number of fused-ring (bicyclic) bond motifs is 2. The van der Waals surface area contributed by atoms with Crippen LogP contribution in [0.3, 0.4) is 0 Å². The van der Waals surface area contributed by atoms with Crippen molar-refractivity contribution in [3.05, 3.63) is 52.2 Å². The van der Waals surface area contributed by atoms with E-state index < -0.39 is 40.5 Å². The molecule has 39 heavy (non-hydrogen) atoms. The molecule has 1 unspecified atom stereocenters. The number of likely N-dealkylation sites (tertiary alicyclic amines) is 1. The van der Waals surface area contributed by atoms with Crippen molar-refractivity contribution in [2.45, 2.75) is 18.0 Å². The summed E-state index contributed by atoms with van der Waals surface area (Å²) in [4.78, 5) is 42.7. The zero-order chi connectivity index (χ0) is 28.0. The Balaban J connectivity index is 1.45. The molecule has 204 valence electrons. The lowest BCUT2D eigenvalue weighted by Crippen LogP contribution is -2.34. The number of piperidine rings is 1. The average Bonchev–Trinajstić information content (AvgIpc) is 3.22. The first-order valence-corrected chi connectivity index (χ1v) is 11.7. The average molecular weight is 546 g/mol. The third kappa shape index (κ3) is 3.18. The number of nitrogens with one attached hydrogen (secondary N) is 1. The van der Waals surface area contributed by atoms with Crippen molar-refractivity contribution in [1.29, 1.82) is 0 Å². The summed E-state index contributed by atoms with van der Waals surface area (Å²) < 4.78 is 68.3. The second-order valence-electron chi connectivity index (χ2n) is 9.47. The first-order chi connectivity index (χ1) is 18.5. The first kappa shape index (κ1) is 24.9. The minimum absolute atomic E-state index is 0.0785. The van der Waals surface area contributed by atoms with Crippen LogP contribution in [0.1, 0.15) is 49.1 Å². The van der Waals surface area contributed by atoms with Gasteiger partial charge in [0.2, 0.25) is 17.3 Å². The molecule has 1 aliphatic heterocycles. The fourth-order valence-corrected chi connectivity index (χ4v) is 5.98. The molecular weight excluding hydrogens is 525 g/mol. The van der Waals surface area contributed by atoms with E-state index in [9.17, 15) is 27.6 Å². The SMILES string of the molecule is COC(=O)c1c(C(F)(F)F)[nH]c2c1[C@@]13CC1CN(C(=O)c1cc4cc(OC)c(OC)c(OC)c4o1)C3=CC2=O. The Bertz CT molecular complexity index is 1630. The number of aromatic amines is 1. The maximum Gasteiger partial charge on any atom is 0.432 e. The monoisotopic (exact) mass is 546 g/mol. The molecule has 13 heteroatoms. The molecule has 6 rings (SSSR count). The number of hydrogen-bond acceptors (Lipinski definition) is 8. The fourth-order valence-electron chi connectivity index (χ4n) is 5.98. The normalized spacial score (nSPS) is 21.2. The second kappa shape index (κ2) is 8.04. The minimum Gasteiger partial charge on any atom is -0.493 e. The number of ketones is 1. The molecule has 2 aromatic heterocycles. The van der Waals surface area contributed by atoms with Gasteiger partial charge >= 0.3 is 12.1 Å². The highest BCUT2D eigenvalue weighted by Crippen LogP contribution is 2.68. The lowest BCUT2D eigenvalue weighted by molar-refractivity contribution is -0.141. The molecule has 2 fully saturated rings. The smallest absolute Gasteiger partial charge is 0.432 e. The number of halogens is 3. The predicted molar refractivity (Wildman–Crippen MR) is 126 cm³/mol. The van der Waals surface area contributed by atoms with Crippen LogP contribution in [0, 0.1) is 5.92 Å². The molecule has 1 N–H and O–H groups in total. The van der Waals surface area contributed by atoms with Crippen LogP contribution in [-0.2, 0) is 16.3 Å². The van der Waals surface area contributed by atoms with Crippen molar-refractivity contribution in [2.75, 3.05) is 35.0 Å².